The van der Waals surface area contributed by atoms with Crippen LogP contribution in [0.5, 0.6) is 0 Å². The first-order valence-electron chi connectivity index (χ1n) is 14.5. The Labute approximate surface area is 265 Å². The lowest BCUT2D eigenvalue weighted by Gasteiger charge is -2.27. The van der Waals surface area contributed by atoms with Crippen molar-refractivity contribution >= 4 is 41.4 Å². The van der Waals surface area contributed by atoms with Gasteiger partial charge in [0.1, 0.15) is 30.2 Å². The number of H-pyrrole nitrogens is 1. The first-order chi connectivity index (χ1) is 21.3. The summed E-state index contributed by atoms with van der Waals surface area (Å²) in [5.41, 5.74) is 11.4. The molecular formula is C27H45N9O10. The summed E-state index contributed by atoms with van der Waals surface area (Å²) < 4.78 is 0. The molecule has 0 aliphatic carbocycles. The molecule has 0 bridgehead atoms. The number of primary amides is 1. The van der Waals surface area contributed by atoms with E-state index in [1.807, 2.05) is 0 Å². The number of aromatic nitrogens is 2. The van der Waals surface area contributed by atoms with Gasteiger partial charge >= 0.3 is 5.97 Å². The second-order valence-electron chi connectivity index (χ2n) is 11.2. The number of hydrogen-bond donors (Lipinski definition) is 11. The van der Waals surface area contributed by atoms with E-state index in [4.69, 9.17) is 11.5 Å². The quantitative estimate of drug-likeness (QED) is 0.0672. The highest BCUT2D eigenvalue weighted by atomic mass is 16.4. The molecule has 1 aromatic rings. The number of aromatic amines is 1. The molecule has 0 unspecified atom stereocenters. The van der Waals surface area contributed by atoms with Crippen molar-refractivity contribution < 1.29 is 48.9 Å². The molecule has 0 saturated heterocycles. The fraction of sp³-hybridized carbons (Fsp3) is 0.630. The van der Waals surface area contributed by atoms with Gasteiger partial charge in [0.15, 0.2) is 6.04 Å². The second kappa shape index (κ2) is 18.4. The number of nitrogens with one attached hydrogen (secondary N) is 6. The second-order valence-corrected chi connectivity index (χ2v) is 11.2. The molecule has 0 saturated carbocycles. The Kier molecular flexibility index (Phi) is 15.7. The number of carboxylic acids is 1. The fourth-order valence-electron chi connectivity index (χ4n) is 3.96. The zero-order chi connectivity index (χ0) is 35.3. The number of carbonyl (C=O) groups is 7. The zero-order valence-corrected chi connectivity index (χ0v) is 26.3. The number of amides is 6. The third-order valence-electron chi connectivity index (χ3n) is 6.79. The number of imidazole rings is 1. The average molecular weight is 656 g/mol. The number of carbonyl (C=O) groups excluding carboxylic acids is 6. The molecule has 1 heterocycles. The minimum atomic E-state index is -1.64. The van der Waals surface area contributed by atoms with Gasteiger partial charge < -0.3 is 58.4 Å². The lowest BCUT2D eigenvalue weighted by atomic mass is 10.0. The fourth-order valence-corrected chi connectivity index (χ4v) is 3.96. The normalized spacial score (nSPS) is 16.4. The molecule has 1 aromatic heterocycles. The number of rotatable bonds is 19. The van der Waals surface area contributed by atoms with E-state index in [9.17, 15) is 48.9 Å². The van der Waals surface area contributed by atoms with Gasteiger partial charge in [0.05, 0.1) is 18.5 Å². The standard InChI is InChI=1S/C27H45N9O10/c1-11(2)20(26(44)36-21(14(5)38)27(45)46)35-22(40)12(3)32-23(41)16(6-7-18(28)39)33-24(42)17(8-15-9-30-10-31-15)34-25(43)19(29)13(4)37/h9-14,16-17,19-21,37-38H,6-8,29H2,1-5H3,(H2,28,39)(H,30,31)(H,32,41)(H,33,42)(H,34,43)(H,35,40)(H,36,44)(H,45,46)/t12-,13+,14+,16-,17-,19-,20-,21-/m0/s1. The van der Waals surface area contributed by atoms with Crippen molar-refractivity contribution in [1.29, 1.82) is 0 Å². The van der Waals surface area contributed by atoms with Crippen LogP contribution >= 0.6 is 0 Å². The highest BCUT2D eigenvalue weighted by molar-refractivity contribution is 5.96. The van der Waals surface area contributed by atoms with E-state index in [0.717, 1.165) is 0 Å². The van der Waals surface area contributed by atoms with Gasteiger partial charge in [-0.15, -0.1) is 0 Å². The summed E-state index contributed by atoms with van der Waals surface area (Å²) in [5, 5.41) is 40.4. The summed E-state index contributed by atoms with van der Waals surface area (Å²) in [6, 6.07) is -8.30. The Morgan fingerprint density at radius 2 is 1.35 bits per heavy atom. The molecule has 0 radical (unpaired) electrons. The van der Waals surface area contributed by atoms with Crippen molar-refractivity contribution in [3.63, 3.8) is 0 Å². The van der Waals surface area contributed by atoms with Gasteiger partial charge in [-0.25, -0.2) is 9.78 Å². The predicted octanol–water partition coefficient (Wildman–Crippen LogP) is -4.51. The van der Waals surface area contributed by atoms with Gasteiger partial charge in [0, 0.05) is 24.7 Å². The smallest absolute Gasteiger partial charge is 0.328 e. The molecule has 0 aliphatic heterocycles. The Morgan fingerprint density at radius 1 is 0.783 bits per heavy atom. The van der Waals surface area contributed by atoms with Crippen LogP contribution < -0.4 is 38.1 Å². The maximum atomic E-state index is 13.3. The molecule has 13 N–H and O–H groups in total. The van der Waals surface area contributed by atoms with Gasteiger partial charge in [-0.3, -0.25) is 28.8 Å². The summed E-state index contributed by atoms with van der Waals surface area (Å²) in [6.45, 7) is 6.89. The summed E-state index contributed by atoms with van der Waals surface area (Å²) in [4.78, 5) is 94.3. The average Bonchev–Trinajstić information content (AvgIpc) is 3.47. The topological polar surface area (TPSA) is 321 Å². The maximum absolute atomic E-state index is 13.3. The lowest BCUT2D eigenvalue weighted by Crippen LogP contribution is -2.60. The van der Waals surface area contributed by atoms with E-state index in [2.05, 4.69) is 36.6 Å². The van der Waals surface area contributed by atoms with Crippen LogP contribution in [0.1, 0.15) is 53.2 Å². The molecule has 0 spiro atoms. The minimum absolute atomic E-state index is 0.122. The van der Waals surface area contributed by atoms with Gasteiger partial charge in [-0.05, 0) is 33.1 Å². The molecule has 258 valence electrons. The summed E-state index contributed by atoms with van der Waals surface area (Å²) in [7, 11) is 0. The van der Waals surface area contributed by atoms with E-state index >= 15 is 0 Å². The molecule has 1 rings (SSSR count). The number of aliphatic hydroxyl groups excluding tert-OH is 2. The van der Waals surface area contributed by atoms with Crippen LogP contribution in [0.3, 0.4) is 0 Å². The minimum Gasteiger partial charge on any atom is -0.480 e. The Bertz CT molecular complexity index is 1220. The number of aliphatic hydroxyl groups is 2. The van der Waals surface area contributed by atoms with Crippen molar-refractivity contribution in [1.82, 2.24) is 36.6 Å². The SMILES string of the molecule is CC(C)[C@H](NC(=O)[C@H](C)NC(=O)[C@H](CCC(N)=O)NC(=O)[C@H](Cc1cnc[nH]1)NC(=O)[C@@H](N)[C@@H](C)O)C(=O)N[C@H](C(=O)O)[C@@H](C)O. The maximum Gasteiger partial charge on any atom is 0.328 e. The van der Waals surface area contributed by atoms with E-state index in [-0.39, 0.29) is 19.3 Å². The Morgan fingerprint density at radius 3 is 1.83 bits per heavy atom. The van der Waals surface area contributed by atoms with E-state index < -0.39 is 95.8 Å². The number of aliphatic carboxylic acids is 1. The molecule has 19 heteroatoms. The lowest BCUT2D eigenvalue weighted by molar-refractivity contribution is -0.145. The van der Waals surface area contributed by atoms with Crippen LogP contribution in [0.2, 0.25) is 0 Å². The summed E-state index contributed by atoms with van der Waals surface area (Å²) >= 11 is 0. The number of nitrogens with zero attached hydrogens (tertiary/aromatic N) is 1. The molecule has 6 amide bonds. The molecule has 0 fully saturated rings. The van der Waals surface area contributed by atoms with Crippen LogP contribution in [0.25, 0.3) is 0 Å². The van der Waals surface area contributed by atoms with Gasteiger partial charge in [-0.1, -0.05) is 13.8 Å². The third kappa shape index (κ3) is 12.8. The van der Waals surface area contributed by atoms with Crippen molar-refractivity contribution in [3.05, 3.63) is 18.2 Å². The summed E-state index contributed by atoms with van der Waals surface area (Å²) in [6.07, 6.45) is -0.680. The van der Waals surface area contributed by atoms with Crippen molar-refractivity contribution in [2.75, 3.05) is 0 Å². The van der Waals surface area contributed by atoms with Crippen molar-refractivity contribution in [3.8, 4) is 0 Å². The van der Waals surface area contributed by atoms with E-state index in [1.165, 1.54) is 33.3 Å². The first-order valence-corrected chi connectivity index (χ1v) is 14.5. The van der Waals surface area contributed by atoms with Gasteiger partial charge in [0.2, 0.25) is 35.4 Å². The first kappa shape index (κ1) is 39.4. The van der Waals surface area contributed by atoms with Crippen LogP contribution in [-0.2, 0) is 40.0 Å². The molecule has 46 heavy (non-hydrogen) atoms. The largest absolute Gasteiger partial charge is 0.480 e. The number of nitrogens with two attached hydrogens (primary N) is 2. The van der Waals surface area contributed by atoms with Crippen molar-refractivity contribution in [2.45, 2.75) is 102 Å². The number of hydrogen-bond acceptors (Lipinski definition) is 11. The zero-order valence-electron chi connectivity index (χ0n) is 26.3. The molecule has 0 aromatic carbocycles. The molecule has 0 aliphatic rings. The number of carboxylic acid groups (broad SMARTS) is 1. The highest BCUT2D eigenvalue weighted by Gasteiger charge is 2.34. The summed E-state index contributed by atoms with van der Waals surface area (Å²) in [5.74, 6) is -7.18. The highest BCUT2D eigenvalue weighted by Crippen LogP contribution is 2.07. The van der Waals surface area contributed by atoms with Crippen LogP contribution in [0.4, 0.5) is 0 Å². The van der Waals surface area contributed by atoms with Crippen molar-refractivity contribution in [2.24, 2.45) is 17.4 Å². The third-order valence-corrected chi connectivity index (χ3v) is 6.79. The van der Waals surface area contributed by atoms with E-state index in [0.29, 0.717) is 5.69 Å². The Hall–Kier alpha value is -4.62. The Balaban J connectivity index is 3.10. The predicted molar refractivity (Wildman–Crippen MR) is 160 cm³/mol. The van der Waals surface area contributed by atoms with Crippen LogP contribution in [-0.4, -0.2) is 115 Å². The van der Waals surface area contributed by atoms with Crippen LogP contribution in [0, 0.1) is 5.92 Å². The van der Waals surface area contributed by atoms with E-state index in [1.54, 1.807) is 13.8 Å². The molecule has 8 atom stereocenters. The molecule has 19 nitrogen and oxygen atoms in total. The van der Waals surface area contributed by atoms with Gasteiger partial charge in [-0.2, -0.15) is 0 Å². The monoisotopic (exact) mass is 655 g/mol. The van der Waals surface area contributed by atoms with Gasteiger partial charge in [0.25, 0.3) is 0 Å². The molecular weight excluding hydrogens is 610 g/mol. The van der Waals surface area contributed by atoms with Crippen LogP contribution in [0.15, 0.2) is 12.5 Å².